The highest BCUT2D eigenvalue weighted by molar-refractivity contribution is 5.93. The topological polar surface area (TPSA) is 72.2 Å². The molecule has 1 heterocycles. The summed E-state index contributed by atoms with van der Waals surface area (Å²) in [4.78, 5) is 27.7. The van der Waals surface area contributed by atoms with Crippen LogP contribution in [0, 0.1) is 0 Å². The number of aromatic nitrogens is 1. The normalized spacial score (nSPS) is 10.5. The first kappa shape index (κ1) is 13.1. The molecule has 0 radical (unpaired) electrons. The van der Waals surface area contributed by atoms with E-state index in [1.54, 1.807) is 42.5 Å². The summed E-state index contributed by atoms with van der Waals surface area (Å²) in [6.45, 7) is 1.41. The maximum absolute atomic E-state index is 12.1. The summed E-state index contributed by atoms with van der Waals surface area (Å²) in [5.41, 5.74) is 1.73. The highest BCUT2D eigenvalue weighted by Gasteiger charge is 2.13. The van der Waals surface area contributed by atoms with Crippen LogP contribution in [0.5, 0.6) is 0 Å². The quantitative estimate of drug-likeness (QED) is 0.783. The highest BCUT2D eigenvalue weighted by atomic mass is 16.4. The van der Waals surface area contributed by atoms with Gasteiger partial charge in [-0.15, -0.1) is 0 Å². The van der Waals surface area contributed by atoms with Crippen molar-refractivity contribution in [3.63, 3.8) is 0 Å². The van der Waals surface area contributed by atoms with Gasteiger partial charge >= 0.3 is 5.63 Å². The SMILES string of the molecule is CC(=O)Nc1ccccc1-c1nc2ccccc2oc1=O. The lowest BCUT2D eigenvalue weighted by Crippen LogP contribution is -2.11. The lowest BCUT2D eigenvalue weighted by atomic mass is 10.1. The van der Waals surface area contributed by atoms with E-state index in [1.165, 1.54) is 6.92 Å². The molecule has 0 saturated heterocycles. The Morgan fingerprint density at radius 1 is 1.10 bits per heavy atom. The van der Waals surface area contributed by atoms with Gasteiger partial charge in [0.25, 0.3) is 0 Å². The van der Waals surface area contributed by atoms with Gasteiger partial charge in [-0.1, -0.05) is 30.3 Å². The van der Waals surface area contributed by atoms with Crippen molar-refractivity contribution in [3.05, 3.63) is 59.0 Å². The molecular formula is C16H12N2O3. The van der Waals surface area contributed by atoms with Crippen LogP contribution in [-0.2, 0) is 4.79 Å². The molecule has 1 aromatic heterocycles. The van der Waals surface area contributed by atoms with Crippen LogP contribution in [0.3, 0.4) is 0 Å². The van der Waals surface area contributed by atoms with Crippen LogP contribution in [0.1, 0.15) is 6.92 Å². The molecule has 2 aromatic carbocycles. The van der Waals surface area contributed by atoms with Gasteiger partial charge in [0.2, 0.25) is 5.91 Å². The lowest BCUT2D eigenvalue weighted by molar-refractivity contribution is -0.114. The van der Waals surface area contributed by atoms with E-state index in [4.69, 9.17) is 4.42 Å². The number of hydrogen-bond donors (Lipinski definition) is 1. The number of benzene rings is 2. The Kier molecular flexibility index (Phi) is 3.23. The van der Waals surface area contributed by atoms with Gasteiger partial charge in [-0.3, -0.25) is 4.79 Å². The Hall–Kier alpha value is -2.95. The van der Waals surface area contributed by atoms with Crippen LogP contribution < -0.4 is 10.9 Å². The van der Waals surface area contributed by atoms with Gasteiger partial charge < -0.3 is 9.73 Å². The largest absolute Gasteiger partial charge is 0.419 e. The van der Waals surface area contributed by atoms with Gasteiger partial charge in [-0.25, -0.2) is 9.78 Å². The second kappa shape index (κ2) is 5.20. The summed E-state index contributed by atoms with van der Waals surface area (Å²) >= 11 is 0. The van der Waals surface area contributed by atoms with Gasteiger partial charge in [0.05, 0.1) is 5.69 Å². The molecule has 3 rings (SSSR count). The Labute approximate surface area is 120 Å². The fourth-order valence-electron chi connectivity index (χ4n) is 2.11. The number of anilines is 1. The van der Waals surface area contributed by atoms with Gasteiger partial charge in [-0.05, 0) is 18.2 Å². The monoisotopic (exact) mass is 280 g/mol. The van der Waals surface area contributed by atoms with Crippen molar-refractivity contribution in [2.45, 2.75) is 6.92 Å². The summed E-state index contributed by atoms with van der Waals surface area (Å²) in [5, 5.41) is 2.69. The molecule has 0 aliphatic heterocycles. The highest BCUT2D eigenvalue weighted by Crippen LogP contribution is 2.25. The van der Waals surface area contributed by atoms with E-state index in [1.807, 2.05) is 6.07 Å². The predicted molar refractivity (Wildman–Crippen MR) is 80.0 cm³/mol. The Morgan fingerprint density at radius 2 is 1.81 bits per heavy atom. The summed E-state index contributed by atoms with van der Waals surface area (Å²) in [5.74, 6) is -0.215. The van der Waals surface area contributed by atoms with E-state index in [2.05, 4.69) is 10.3 Å². The molecule has 3 aromatic rings. The molecule has 0 atom stereocenters. The Morgan fingerprint density at radius 3 is 2.62 bits per heavy atom. The number of nitrogens with zero attached hydrogens (tertiary/aromatic N) is 1. The third-order valence-corrected chi connectivity index (χ3v) is 2.99. The van der Waals surface area contributed by atoms with E-state index in [0.29, 0.717) is 22.4 Å². The number of amides is 1. The maximum atomic E-state index is 12.1. The fourth-order valence-corrected chi connectivity index (χ4v) is 2.11. The molecule has 1 N–H and O–H groups in total. The smallest absolute Gasteiger partial charge is 0.363 e. The van der Waals surface area contributed by atoms with E-state index < -0.39 is 5.63 Å². The van der Waals surface area contributed by atoms with Crippen molar-refractivity contribution in [3.8, 4) is 11.3 Å². The number of hydrogen-bond acceptors (Lipinski definition) is 4. The molecule has 0 spiro atoms. The number of carbonyl (C=O) groups is 1. The lowest BCUT2D eigenvalue weighted by Gasteiger charge is -2.08. The van der Waals surface area contributed by atoms with Crippen LogP contribution in [0.25, 0.3) is 22.4 Å². The zero-order valence-corrected chi connectivity index (χ0v) is 11.3. The van der Waals surface area contributed by atoms with Crippen LogP contribution >= 0.6 is 0 Å². The minimum Gasteiger partial charge on any atom is -0.419 e. The first-order chi connectivity index (χ1) is 10.1. The Bertz CT molecular complexity index is 884. The second-order valence-corrected chi connectivity index (χ2v) is 4.54. The zero-order chi connectivity index (χ0) is 14.8. The minimum absolute atomic E-state index is 0.179. The minimum atomic E-state index is -0.536. The molecule has 104 valence electrons. The van der Waals surface area contributed by atoms with Gasteiger partial charge in [0.15, 0.2) is 11.3 Å². The van der Waals surface area contributed by atoms with E-state index in [-0.39, 0.29) is 11.6 Å². The number of nitrogens with one attached hydrogen (secondary N) is 1. The van der Waals surface area contributed by atoms with Crippen LogP contribution in [0.2, 0.25) is 0 Å². The van der Waals surface area contributed by atoms with Gasteiger partial charge in [-0.2, -0.15) is 0 Å². The molecule has 5 nitrogen and oxygen atoms in total. The number of carbonyl (C=O) groups excluding carboxylic acids is 1. The van der Waals surface area contributed by atoms with Crippen molar-refractivity contribution in [2.24, 2.45) is 0 Å². The maximum Gasteiger partial charge on any atom is 0.363 e. The van der Waals surface area contributed by atoms with Crippen molar-refractivity contribution in [2.75, 3.05) is 5.32 Å². The number of fused-ring (bicyclic) bond motifs is 1. The molecule has 21 heavy (non-hydrogen) atoms. The summed E-state index contributed by atoms with van der Waals surface area (Å²) in [6, 6.07) is 14.0. The van der Waals surface area contributed by atoms with Crippen molar-refractivity contribution < 1.29 is 9.21 Å². The van der Waals surface area contributed by atoms with Crippen LogP contribution in [-0.4, -0.2) is 10.9 Å². The van der Waals surface area contributed by atoms with Crippen molar-refractivity contribution in [1.82, 2.24) is 4.98 Å². The first-order valence-electron chi connectivity index (χ1n) is 6.42. The molecule has 0 saturated carbocycles. The molecular weight excluding hydrogens is 268 g/mol. The van der Waals surface area contributed by atoms with E-state index in [9.17, 15) is 9.59 Å². The number of rotatable bonds is 2. The fraction of sp³-hybridized carbons (Fsp3) is 0.0625. The summed E-state index contributed by atoms with van der Waals surface area (Å²) in [6.07, 6.45) is 0. The summed E-state index contributed by atoms with van der Waals surface area (Å²) in [7, 11) is 0. The van der Waals surface area contributed by atoms with Crippen molar-refractivity contribution in [1.29, 1.82) is 0 Å². The predicted octanol–water partition coefficient (Wildman–Crippen LogP) is 2.81. The standard InChI is InChI=1S/C16H12N2O3/c1-10(19)17-12-7-3-2-6-11(12)15-16(20)21-14-9-5-4-8-13(14)18-15/h2-9H,1H3,(H,17,19). The molecule has 5 heteroatoms. The molecule has 0 unspecified atom stereocenters. The number of para-hydroxylation sites is 3. The van der Waals surface area contributed by atoms with Crippen molar-refractivity contribution >= 4 is 22.7 Å². The van der Waals surface area contributed by atoms with E-state index >= 15 is 0 Å². The molecule has 0 aliphatic rings. The third kappa shape index (κ3) is 2.53. The third-order valence-electron chi connectivity index (χ3n) is 2.99. The molecule has 1 amide bonds. The van der Waals surface area contributed by atoms with Crippen LogP contribution in [0.4, 0.5) is 5.69 Å². The average Bonchev–Trinajstić information content (AvgIpc) is 2.47. The second-order valence-electron chi connectivity index (χ2n) is 4.54. The first-order valence-corrected chi connectivity index (χ1v) is 6.42. The Balaban J connectivity index is 2.23. The van der Waals surface area contributed by atoms with Gasteiger partial charge in [0.1, 0.15) is 5.52 Å². The molecule has 0 fully saturated rings. The van der Waals surface area contributed by atoms with E-state index in [0.717, 1.165) is 0 Å². The zero-order valence-electron chi connectivity index (χ0n) is 11.3. The average molecular weight is 280 g/mol. The molecule has 0 bridgehead atoms. The van der Waals surface area contributed by atoms with Gasteiger partial charge in [0, 0.05) is 12.5 Å². The van der Waals surface area contributed by atoms with Crippen LogP contribution in [0.15, 0.2) is 57.7 Å². The molecule has 0 aliphatic carbocycles. The summed E-state index contributed by atoms with van der Waals surface area (Å²) < 4.78 is 5.28.